The van der Waals surface area contributed by atoms with Gasteiger partial charge >= 0.3 is 0 Å². The molecule has 0 aliphatic rings. The standard InChI is InChI=1S/C18H18N2O2/c1-20(2)15-9-7-14(8-10-15)19-18(21)11-13-12-22-17-6-4-3-5-16(13)17/h3-10,12H,11H2,1-2H3,(H,19,21). The van der Waals surface area contributed by atoms with Gasteiger partial charge < -0.3 is 14.6 Å². The molecular formula is C18H18N2O2. The average Bonchev–Trinajstić information content (AvgIpc) is 2.91. The minimum absolute atomic E-state index is 0.0517. The second kappa shape index (κ2) is 5.93. The molecule has 1 aromatic heterocycles. The Kier molecular flexibility index (Phi) is 3.83. The Morgan fingerprint density at radius 3 is 2.55 bits per heavy atom. The lowest BCUT2D eigenvalue weighted by molar-refractivity contribution is -0.115. The van der Waals surface area contributed by atoms with E-state index >= 15 is 0 Å². The van der Waals surface area contributed by atoms with Gasteiger partial charge in [-0.1, -0.05) is 18.2 Å². The van der Waals surface area contributed by atoms with Crippen LogP contribution < -0.4 is 10.2 Å². The first kappa shape index (κ1) is 14.2. The Hall–Kier alpha value is -2.75. The zero-order chi connectivity index (χ0) is 15.5. The van der Waals surface area contributed by atoms with Crippen molar-refractivity contribution in [3.63, 3.8) is 0 Å². The van der Waals surface area contributed by atoms with Crippen molar-refractivity contribution < 1.29 is 9.21 Å². The molecular weight excluding hydrogens is 276 g/mol. The molecule has 1 heterocycles. The van der Waals surface area contributed by atoms with Crippen LogP contribution in [0.25, 0.3) is 11.0 Å². The quantitative estimate of drug-likeness (QED) is 0.798. The first-order valence-corrected chi connectivity index (χ1v) is 7.16. The Bertz CT molecular complexity index is 788. The molecule has 1 N–H and O–H groups in total. The molecule has 22 heavy (non-hydrogen) atoms. The molecule has 0 aliphatic heterocycles. The van der Waals surface area contributed by atoms with Crippen molar-refractivity contribution in [1.82, 2.24) is 0 Å². The zero-order valence-corrected chi connectivity index (χ0v) is 12.7. The Labute approximate surface area is 129 Å². The van der Waals surface area contributed by atoms with Crippen molar-refractivity contribution in [1.29, 1.82) is 0 Å². The molecule has 0 bridgehead atoms. The van der Waals surface area contributed by atoms with E-state index in [0.29, 0.717) is 6.42 Å². The van der Waals surface area contributed by atoms with Crippen molar-refractivity contribution in [2.75, 3.05) is 24.3 Å². The number of anilines is 2. The lowest BCUT2D eigenvalue weighted by Crippen LogP contribution is -2.14. The fourth-order valence-corrected chi connectivity index (χ4v) is 2.39. The monoisotopic (exact) mass is 294 g/mol. The van der Waals surface area contributed by atoms with Gasteiger partial charge in [-0.2, -0.15) is 0 Å². The maximum absolute atomic E-state index is 12.2. The number of hydrogen-bond donors (Lipinski definition) is 1. The molecule has 4 nitrogen and oxygen atoms in total. The van der Waals surface area contributed by atoms with E-state index in [0.717, 1.165) is 27.9 Å². The van der Waals surface area contributed by atoms with E-state index in [4.69, 9.17) is 4.42 Å². The van der Waals surface area contributed by atoms with E-state index in [-0.39, 0.29) is 5.91 Å². The van der Waals surface area contributed by atoms with Crippen LogP contribution in [0.15, 0.2) is 59.2 Å². The number of carbonyl (C=O) groups excluding carboxylic acids is 1. The number of amides is 1. The molecule has 0 saturated carbocycles. The summed E-state index contributed by atoms with van der Waals surface area (Å²) in [5.41, 5.74) is 3.60. The summed E-state index contributed by atoms with van der Waals surface area (Å²) < 4.78 is 5.46. The normalized spacial score (nSPS) is 10.6. The molecule has 0 radical (unpaired) electrons. The van der Waals surface area contributed by atoms with E-state index in [9.17, 15) is 4.79 Å². The molecule has 0 atom stereocenters. The molecule has 112 valence electrons. The van der Waals surface area contributed by atoms with E-state index < -0.39 is 0 Å². The predicted molar refractivity (Wildman–Crippen MR) is 89.3 cm³/mol. The number of para-hydroxylation sites is 1. The SMILES string of the molecule is CN(C)c1ccc(NC(=O)Cc2coc3ccccc23)cc1. The highest BCUT2D eigenvalue weighted by atomic mass is 16.3. The minimum atomic E-state index is -0.0517. The van der Waals surface area contributed by atoms with Gasteiger partial charge in [-0.05, 0) is 30.3 Å². The molecule has 0 saturated heterocycles. The highest BCUT2D eigenvalue weighted by molar-refractivity contribution is 5.95. The van der Waals surface area contributed by atoms with Crippen LogP contribution in [-0.4, -0.2) is 20.0 Å². The van der Waals surface area contributed by atoms with Crippen LogP contribution in [0.4, 0.5) is 11.4 Å². The van der Waals surface area contributed by atoms with E-state index in [1.165, 1.54) is 0 Å². The Morgan fingerprint density at radius 1 is 1.09 bits per heavy atom. The van der Waals surface area contributed by atoms with E-state index in [2.05, 4.69) is 5.32 Å². The van der Waals surface area contributed by atoms with Gasteiger partial charge in [0.1, 0.15) is 5.58 Å². The second-order valence-corrected chi connectivity index (χ2v) is 5.42. The third kappa shape index (κ3) is 2.96. The van der Waals surface area contributed by atoms with Crippen LogP contribution in [0, 0.1) is 0 Å². The zero-order valence-electron chi connectivity index (χ0n) is 12.7. The molecule has 0 aliphatic carbocycles. The van der Waals surface area contributed by atoms with Crippen LogP contribution in [0.3, 0.4) is 0 Å². The maximum Gasteiger partial charge on any atom is 0.228 e. The third-order valence-corrected chi connectivity index (χ3v) is 3.58. The Morgan fingerprint density at radius 2 is 1.82 bits per heavy atom. The summed E-state index contributed by atoms with van der Waals surface area (Å²) in [6.07, 6.45) is 1.95. The smallest absolute Gasteiger partial charge is 0.228 e. The van der Waals surface area contributed by atoms with Gasteiger partial charge in [0.15, 0.2) is 0 Å². The molecule has 4 heteroatoms. The lowest BCUT2D eigenvalue weighted by atomic mass is 10.1. The van der Waals surface area contributed by atoms with Crippen LogP contribution in [0.5, 0.6) is 0 Å². The highest BCUT2D eigenvalue weighted by Gasteiger charge is 2.10. The number of fused-ring (bicyclic) bond motifs is 1. The molecule has 0 spiro atoms. The van der Waals surface area contributed by atoms with Crippen molar-refractivity contribution in [2.45, 2.75) is 6.42 Å². The summed E-state index contributed by atoms with van der Waals surface area (Å²) in [4.78, 5) is 14.2. The van der Waals surface area contributed by atoms with Crippen LogP contribution in [0.1, 0.15) is 5.56 Å². The number of nitrogens with one attached hydrogen (secondary N) is 1. The summed E-state index contributed by atoms with van der Waals surface area (Å²) >= 11 is 0. The van der Waals surface area contributed by atoms with Crippen molar-refractivity contribution in [3.05, 3.63) is 60.4 Å². The first-order valence-electron chi connectivity index (χ1n) is 7.16. The molecule has 3 rings (SSSR count). The summed E-state index contributed by atoms with van der Waals surface area (Å²) in [6.45, 7) is 0. The number of furan rings is 1. The van der Waals surface area contributed by atoms with Gasteiger partial charge in [-0.3, -0.25) is 4.79 Å². The maximum atomic E-state index is 12.2. The average molecular weight is 294 g/mol. The largest absolute Gasteiger partial charge is 0.464 e. The summed E-state index contributed by atoms with van der Waals surface area (Å²) in [5.74, 6) is -0.0517. The summed E-state index contributed by atoms with van der Waals surface area (Å²) in [7, 11) is 3.97. The van der Waals surface area contributed by atoms with Crippen molar-refractivity contribution in [2.24, 2.45) is 0 Å². The number of carbonyl (C=O) groups is 1. The summed E-state index contributed by atoms with van der Waals surface area (Å²) in [6, 6.07) is 15.5. The second-order valence-electron chi connectivity index (χ2n) is 5.42. The number of rotatable bonds is 4. The van der Waals surface area contributed by atoms with E-state index in [1.54, 1.807) is 6.26 Å². The van der Waals surface area contributed by atoms with Gasteiger partial charge in [0.05, 0.1) is 12.7 Å². The van der Waals surface area contributed by atoms with E-state index in [1.807, 2.05) is 67.5 Å². The van der Waals surface area contributed by atoms with Crippen molar-refractivity contribution in [3.8, 4) is 0 Å². The minimum Gasteiger partial charge on any atom is -0.464 e. The number of benzene rings is 2. The van der Waals surface area contributed by atoms with Gasteiger partial charge in [0.25, 0.3) is 0 Å². The lowest BCUT2D eigenvalue weighted by Gasteiger charge is -2.13. The predicted octanol–water partition coefficient (Wildman–Crippen LogP) is 3.68. The molecule has 1 amide bonds. The van der Waals surface area contributed by atoms with Gasteiger partial charge in [-0.25, -0.2) is 0 Å². The fourth-order valence-electron chi connectivity index (χ4n) is 2.39. The third-order valence-electron chi connectivity index (χ3n) is 3.58. The topological polar surface area (TPSA) is 45.5 Å². The van der Waals surface area contributed by atoms with Crippen LogP contribution in [0.2, 0.25) is 0 Å². The van der Waals surface area contributed by atoms with Crippen LogP contribution in [-0.2, 0) is 11.2 Å². The molecule has 2 aromatic carbocycles. The van der Waals surface area contributed by atoms with Gasteiger partial charge in [-0.15, -0.1) is 0 Å². The molecule has 3 aromatic rings. The highest BCUT2D eigenvalue weighted by Crippen LogP contribution is 2.22. The fraction of sp³-hybridized carbons (Fsp3) is 0.167. The van der Waals surface area contributed by atoms with Crippen LogP contribution >= 0.6 is 0 Å². The molecule has 0 fully saturated rings. The number of hydrogen-bond acceptors (Lipinski definition) is 3. The van der Waals surface area contributed by atoms with Gasteiger partial charge in [0.2, 0.25) is 5.91 Å². The number of nitrogens with zero attached hydrogens (tertiary/aromatic N) is 1. The van der Waals surface area contributed by atoms with Crippen molar-refractivity contribution >= 4 is 28.3 Å². The first-order chi connectivity index (χ1) is 10.6. The van der Waals surface area contributed by atoms with Gasteiger partial charge in [0, 0.05) is 36.4 Å². The summed E-state index contributed by atoms with van der Waals surface area (Å²) in [5, 5.41) is 3.90. The molecule has 0 unspecified atom stereocenters. The Balaban J connectivity index is 1.69.